The van der Waals surface area contributed by atoms with Crippen LogP contribution in [0.4, 0.5) is 0 Å². The highest BCUT2D eigenvalue weighted by Crippen LogP contribution is 2.39. The van der Waals surface area contributed by atoms with E-state index in [1.54, 1.807) is 0 Å². The molecule has 3 atom stereocenters. The van der Waals surface area contributed by atoms with Gasteiger partial charge in [-0.2, -0.15) is 0 Å². The molecule has 102 valence electrons. The van der Waals surface area contributed by atoms with Crippen LogP contribution >= 0.6 is 0 Å². The monoisotopic (exact) mass is 243 g/mol. The molecule has 0 bridgehead atoms. The summed E-state index contributed by atoms with van der Waals surface area (Å²) in [5, 5.41) is 12.4. The van der Waals surface area contributed by atoms with Gasteiger partial charge in [-0.05, 0) is 37.1 Å². The molecular formula is C14H29NO2. The molecule has 2 N–H and O–H groups in total. The van der Waals surface area contributed by atoms with Gasteiger partial charge in [0.2, 0.25) is 0 Å². The molecule has 1 aliphatic carbocycles. The molecule has 1 saturated carbocycles. The first kappa shape index (κ1) is 14.9. The number of hydrogen-bond donors (Lipinski definition) is 2. The lowest BCUT2D eigenvalue weighted by atomic mass is 9.71. The van der Waals surface area contributed by atoms with Crippen LogP contribution in [0.5, 0.6) is 0 Å². The van der Waals surface area contributed by atoms with Crippen molar-refractivity contribution in [2.45, 2.75) is 59.1 Å². The Kier molecular flexibility index (Phi) is 5.90. The van der Waals surface area contributed by atoms with Crippen LogP contribution in [-0.2, 0) is 4.74 Å². The fraction of sp³-hybridized carbons (Fsp3) is 1.00. The summed E-state index contributed by atoms with van der Waals surface area (Å²) in [4.78, 5) is 0. The van der Waals surface area contributed by atoms with Gasteiger partial charge in [0, 0.05) is 0 Å². The molecule has 0 heterocycles. The Morgan fingerprint density at radius 3 is 2.65 bits per heavy atom. The molecule has 17 heavy (non-hydrogen) atoms. The Morgan fingerprint density at radius 2 is 2.12 bits per heavy atom. The molecule has 0 aromatic rings. The largest absolute Gasteiger partial charge is 0.395 e. The van der Waals surface area contributed by atoms with E-state index in [1.165, 1.54) is 6.42 Å². The van der Waals surface area contributed by atoms with E-state index >= 15 is 0 Å². The Bertz CT molecular complexity index is 218. The van der Waals surface area contributed by atoms with Crippen molar-refractivity contribution in [2.24, 2.45) is 11.3 Å². The minimum atomic E-state index is 0.0837. The van der Waals surface area contributed by atoms with E-state index in [2.05, 4.69) is 33.0 Å². The van der Waals surface area contributed by atoms with Crippen LogP contribution in [0.2, 0.25) is 0 Å². The van der Waals surface area contributed by atoms with Crippen molar-refractivity contribution in [2.75, 3.05) is 19.8 Å². The highest BCUT2D eigenvalue weighted by Gasteiger charge is 2.32. The maximum atomic E-state index is 9.20. The van der Waals surface area contributed by atoms with Crippen molar-refractivity contribution in [1.82, 2.24) is 5.32 Å². The number of likely N-dealkylation sites (N-methyl/N-ethyl adjacent to an activating group) is 1. The maximum Gasteiger partial charge on any atom is 0.0645 e. The van der Waals surface area contributed by atoms with Crippen molar-refractivity contribution in [3.05, 3.63) is 0 Å². The van der Waals surface area contributed by atoms with Gasteiger partial charge in [-0.3, -0.25) is 0 Å². The van der Waals surface area contributed by atoms with Crippen LogP contribution in [0.15, 0.2) is 0 Å². The van der Waals surface area contributed by atoms with Gasteiger partial charge in [0.1, 0.15) is 0 Å². The number of ether oxygens (including phenoxy) is 1. The fourth-order valence-electron chi connectivity index (χ4n) is 3.10. The second-order valence-electron chi connectivity index (χ2n) is 6.31. The van der Waals surface area contributed by atoms with Gasteiger partial charge in [-0.15, -0.1) is 0 Å². The first-order chi connectivity index (χ1) is 7.96. The predicted octanol–water partition coefficient (Wildman–Crippen LogP) is 2.19. The third-order valence-electron chi connectivity index (χ3n) is 3.59. The van der Waals surface area contributed by atoms with Crippen molar-refractivity contribution in [3.8, 4) is 0 Å². The molecule has 0 amide bonds. The zero-order valence-electron chi connectivity index (χ0n) is 11.8. The van der Waals surface area contributed by atoms with E-state index in [0.717, 1.165) is 25.3 Å². The maximum absolute atomic E-state index is 9.20. The second kappa shape index (κ2) is 6.72. The Balaban J connectivity index is 2.35. The summed E-state index contributed by atoms with van der Waals surface area (Å²) in [6.45, 7) is 10.7. The van der Waals surface area contributed by atoms with Gasteiger partial charge >= 0.3 is 0 Å². The van der Waals surface area contributed by atoms with E-state index in [0.29, 0.717) is 18.1 Å². The topological polar surface area (TPSA) is 41.5 Å². The summed E-state index contributed by atoms with van der Waals surface area (Å²) in [5.74, 6) is 0.746. The third kappa shape index (κ3) is 5.36. The van der Waals surface area contributed by atoms with Gasteiger partial charge in [0.05, 0.1) is 25.4 Å². The van der Waals surface area contributed by atoms with Crippen LogP contribution in [0.25, 0.3) is 0 Å². The number of aliphatic hydroxyl groups is 1. The normalized spacial score (nSPS) is 30.2. The molecule has 3 unspecified atom stereocenters. The van der Waals surface area contributed by atoms with Gasteiger partial charge < -0.3 is 15.2 Å². The zero-order valence-corrected chi connectivity index (χ0v) is 11.8. The lowest BCUT2D eigenvalue weighted by Gasteiger charge is -2.39. The average Bonchev–Trinajstić information content (AvgIpc) is 2.21. The summed E-state index contributed by atoms with van der Waals surface area (Å²) < 4.78 is 5.97. The van der Waals surface area contributed by atoms with Crippen molar-refractivity contribution >= 4 is 0 Å². The van der Waals surface area contributed by atoms with Crippen LogP contribution in [0.1, 0.15) is 47.0 Å². The second-order valence-corrected chi connectivity index (χ2v) is 6.31. The molecular weight excluding hydrogens is 214 g/mol. The van der Waals surface area contributed by atoms with Crippen LogP contribution in [0, 0.1) is 11.3 Å². The summed E-state index contributed by atoms with van der Waals surface area (Å²) in [5.41, 5.74) is 0.398. The van der Waals surface area contributed by atoms with E-state index in [1.807, 2.05) is 0 Å². The lowest BCUT2D eigenvalue weighted by Crippen LogP contribution is -2.40. The van der Waals surface area contributed by atoms with Crippen molar-refractivity contribution < 1.29 is 9.84 Å². The molecule has 3 heteroatoms. The molecule has 1 fully saturated rings. The van der Waals surface area contributed by atoms with E-state index in [-0.39, 0.29) is 12.6 Å². The number of aliphatic hydroxyl groups excluding tert-OH is 1. The number of hydrogen-bond acceptors (Lipinski definition) is 3. The molecule has 0 aliphatic heterocycles. The summed E-state index contributed by atoms with van der Waals surface area (Å²) in [6, 6.07) is 0.0837. The van der Waals surface area contributed by atoms with E-state index < -0.39 is 0 Å². The standard InChI is InChI=1S/C14H29NO2/c1-5-15-12(9-16)10-17-13-6-11(2)7-14(3,4)8-13/h11-13,15-16H,5-10H2,1-4H3. The summed E-state index contributed by atoms with van der Waals surface area (Å²) in [6.07, 6.45) is 3.96. The molecule has 1 aliphatic rings. The highest BCUT2D eigenvalue weighted by atomic mass is 16.5. The Hall–Kier alpha value is -0.120. The summed E-state index contributed by atoms with van der Waals surface area (Å²) in [7, 11) is 0. The molecule has 3 nitrogen and oxygen atoms in total. The molecule has 0 saturated heterocycles. The molecule has 0 radical (unpaired) electrons. The van der Waals surface area contributed by atoms with Crippen molar-refractivity contribution in [1.29, 1.82) is 0 Å². The number of rotatable bonds is 6. The lowest BCUT2D eigenvalue weighted by molar-refractivity contribution is -0.0350. The predicted molar refractivity (Wildman–Crippen MR) is 71.1 cm³/mol. The first-order valence-corrected chi connectivity index (χ1v) is 6.92. The van der Waals surface area contributed by atoms with Gasteiger partial charge in [0.25, 0.3) is 0 Å². The first-order valence-electron chi connectivity index (χ1n) is 6.92. The highest BCUT2D eigenvalue weighted by molar-refractivity contribution is 4.83. The average molecular weight is 243 g/mol. The van der Waals surface area contributed by atoms with Crippen LogP contribution in [-0.4, -0.2) is 37.0 Å². The molecule has 0 aromatic heterocycles. The SMILES string of the molecule is CCNC(CO)COC1CC(C)CC(C)(C)C1. The molecule has 0 aromatic carbocycles. The Morgan fingerprint density at radius 1 is 1.41 bits per heavy atom. The van der Waals surface area contributed by atoms with Crippen LogP contribution in [0.3, 0.4) is 0 Å². The minimum Gasteiger partial charge on any atom is -0.395 e. The van der Waals surface area contributed by atoms with Gasteiger partial charge in [0.15, 0.2) is 0 Å². The molecule has 0 spiro atoms. The molecule has 1 rings (SSSR count). The summed E-state index contributed by atoms with van der Waals surface area (Å²) >= 11 is 0. The van der Waals surface area contributed by atoms with Crippen LogP contribution < -0.4 is 5.32 Å². The number of nitrogens with one attached hydrogen (secondary N) is 1. The van der Waals surface area contributed by atoms with E-state index in [4.69, 9.17) is 4.74 Å². The minimum absolute atomic E-state index is 0.0837. The van der Waals surface area contributed by atoms with Crippen molar-refractivity contribution in [3.63, 3.8) is 0 Å². The van der Waals surface area contributed by atoms with Gasteiger partial charge in [-0.1, -0.05) is 27.7 Å². The smallest absolute Gasteiger partial charge is 0.0645 e. The Labute approximate surface area is 106 Å². The third-order valence-corrected chi connectivity index (χ3v) is 3.59. The van der Waals surface area contributed by atoms with E-state index in [9.17, 15) is 5.11 Å². The quantitative estimate of drug-likeness (QED) is 0.751. The zero-order chi connectivity index (χ0) is 12.9. The van der Waals surface area contributed by atoms with Gasteiger partial charge in [-0.25, -0.2) is 0 Å². The fourth-order valence-corrected chi connectivity index (χ4v) is 3.10.